The SMILES string of the molecule is CC/C(C)=N\C(=NC)OC. The molecule has 0 heterocycles. The van der Waals surface area contributed by atoms with E-state index < -0.39 is 0 Å². The van der Waals surface area contributed by atoms with Gasteiger partial charge in [-0.3, -0.25) is 0 Å². The van der Waals surface area contributed by atoms with Crippen LogP contribution in [0.4, 0.5) is 0 Å². The van der Waals surface area contributed by atoms with E-state index in [1.807, 2.05) is 13.8 Å². The first-order chi connectivity index (χ1) is 4.74. The summed E-state index contributed by atoms with van der Waals surface area (Å²) in [4.78, 5) is 7.88. The van der Waals surface area contributed by atoms with Gasteiger partial charge < -0.3 is 4.74 Å². The van der Waals surface area contributed by atoms with Gasteiger partial charge in [0, 0.05) is 12.8 Å². The average Bonchev–Trinajstić information content (AvgIpc) is 1.99. The molecule has 0 aliphatic carbocycles. The average molecular weight is 142 g/mol. The van der Waals surface area contributed by atoms with Crippen LogP contribution in [-0.4, -0.2) is 25.9 Å². The zero-order valence-electron chi connectivity index (χ0n) is 7.01. The second-order valence-corrected chi connectivity index (χ2v) is 1.91. The zero-order valence-corrected chi connectivity index (χ0v) is 7.01. The van der Waals surface area contributed by atoms with Crippen LogP contribution in [0.15, 0.2) is 9.98 Å². The van der Waals surface area contributed by atoms with Gasteiger partial charge in [0.25, 0.3) is 0 Å². The first-order valence-corrected chi connectivity index (χ1v) is 3.29. The maximum absolute atomic E-state index is 4.83. The Kier molecular flexibility index (Phi) is 4.54. The fourth-order valence-corrected chi connectivity index (χ4v) is 0.429. The molecule has 0 spiro atoms. The maximum Gasteiger partial charge on any atom is 0.310 e. The normalized spacial score (nSPS) is 13.6. The van der Waals surface area contributed by atoms with E-state index in [9.17, 15) is 0 Å². The molecule has 0 saturated carbocycles. The van der Waals surface area contributed by atoms with Crippen molar-refractivity contribution < 1.29 is 4.74 Å². The number of hydrogen-bond donors (Lipinski definition) is 0. The summed E-state index contributed by atoms with van der Waals surface area (Å²) in [6, 6.07) is 0.444. The smallest absolute Gasteiger partial charge is 0.310 e. The lowest BCUT2D eigenvalue weighted by molar-refractivity contribution is 0.396. The topological polar surface area (TPSA) is 34.0 Å². The molecule has 0 aliphatic rings. The Labute approximate surface area is 61.8 Å². The van der Waals surface area contributed by atoms with Gasteiger partial charge in [-0.15, -0.1) is 0 Å². The van der Waals surface area contributed by atoms with Gasteiger partial charge in [-0.25, -0.2) is 9.98 Å². The molecule has 0 N–H and O–H groups in total. The molecule has 0 aliphatic heterocycles. The number of nitrogens with zero attached hydrogens (tertiary/aromatic N) is 2. The maximum atomic E-state index is 4.83. The monoisotopic (exact) mass is 142 g/mol. The fourth-order valence-electron chi connectivity index (χ4n) is 0.429. The summed E-state index contributed by atoms with van der Waals surface area (Å²) in [5.41, 5.74) is 1.03. The molecular formula is C7H14N2O. The number of aliphatic imine (C=N–C) groups is 2. The first kappa shape index (κ1) is 9.14. The van der Waals surface area contributed by atoms with Crippen LogP contribution < -0.4 is 0 Å². The van der Waals surface area contributed by atoms with Crippen LogP contribution >= 0.6 is 0 Å². The van der Waals surface area contributed by atoms with Crippen molar-refractivity contribution in [3.8, 4) is 0 Å². The van der Waals surface area contributed by atoms with E-state index in [0.29, 0.717) is 6.02 Å². The van der Waals surface area contributed by atoms with Crippen LogP contribution in [-0.2, 0) is 4.74 Å². The van der Waals surface area contributed by atoms with Crippen molar-refractivity contribution in [1.29, 1.82) is 0 Å². The molecule has 0 saturated heterocycles. The summed E-state index contributed by atoms with van der Waals surface area (Å²) < 4.78 is 4.83. The summed E-state index contributed by atoms with van der Waals surface area (Å²) >= 11 is 0. The molecule has 0 aromatic rings. The Morgan fingerprint density at radius 1 is 1.50 bits per heavy atom. The zero-order chi connectivity index (χ0) is 7.98. The van der Waals surface area contributed by atoms with Crippen LogP contribution in [0.2, 0.25) is 0 Å². The Morgan fingerprint density at radius 2 is 2.10 bits per heavy atom. The molecule has 0 fully saturated rings. The predicted molar refractivity (Wildman–Crippen MR) is 43.8 cm³/mol. The summed E-state index contributed by atoms with van der Waals surface area (Å²) in [7, 11) is 3.22. The molecule has 0 bridgehead atoms. The molecule has 0 aromatic carbocycles. The summed E-state index contributed by atoms with van der Waals surface area (Å²) in [5, 5.41) is 0. The highest BCUT2D eigenvalue weighted by molar-refractivity contribution is 5.93. The van der Waals surface area contributed by atoms with Gasteiger partial charge in [0.2, 0.25) is 0 Å². The van der Waals surface area contributed by atoms with Gasteiger partial charge in [-0.2, -0.15) is 0 Å². The molecule has 0 atom stereocenters. The van der Waals surface area contributed by atoms with Crippen molar-refractivity contribution in [1.82, 2.24) is 0 Å². The van der Waals surface area contributed by atoms with Gasteiger partial charge in [0.1, 0.15) is 0 Å². The van der Waals surface area contributed by atoms with Crippen LogP contribution in [0.3, 0.4) is 0 Å². The Balaban J connectivity index is 4.08. The van der Waals surface area contributed by atoms with E-state index in [4.69, 9.17) is 4.74 Å². The lowest BCUT2D eigenvalue weighted by Gasteiger charge is -1.97. The minimum absolute atomic E-state index is 0.444. The summed E-state index contributed by atoms with van der Waals surface area (Å²) in [6.45, 7) is 3.99. The third-order valence-corrected chi connectivity index (χ3v) is 1.17. The van der Waals surface area contributed by atoms with E-state index in [-0.39, 0.29) is 0 Å². The molecule has 0 aromatic heterocycles. The summed E-state index contributed by atoms with van der Waals surface area (Å²) in [5.74, 6) is 0. The molecule has 3 heteroatoms. The Bertz CT molecular complexity index is 150. The van der Waals surface area contributed by atoms with E-state index in [0.717, 1.165) is 12.1 Å². The second kappa shape index (κ2) is 4.97. The third kappa shape index (κ3) is 3.22. The summed E-state index contributed by atoms with van der Waals surface area (Å²) in [6.07, 6.45) is 0.933. The minimum atomic E-state index is 0.444. The van der Waals surface area contributed by atoms with Crippen molar-refractivity contribution in [2.24, 2.45) is 9.98 Å². The van der Waals surface area contributed by atoms with Gasteiger partial charge in [-0.1, -0.05) is 6.92 Å². The second-order valence-electron chi connectivity index (χ2n) is 1.91. The standard InChI is InChI=1S/C7H14N2O/c1-5-6(2)9-7(8-3)10-4/h5H2,1-4H3/b8-7?,9-6-. The lowest BCUT2D eigenvalue weighted by Crippen LogP contribution is -2.00. The van der Waals surface area contributed by atoms with E-state index in [1.54, 1.807) is 14.2 Å². The Morgan fingerprint density at radius 3 is 2.40 bits per heavy atom. The minimum Gasteiger partial charge on any atom is -0.467 e. The number of hydrogen-bond acceptors (Lipinski definition) is 2. The van der Waals surface area contributed by atoms with Gasteiger partial charge in [-0.05, 0) is 13.3 Å². The number of ether oxygens (including phenoxy) is 1. The van der Waals surface area contributed by atoms with Gasteiger partial charge in [0.15, 0.2) is 0 Å². The molecule has 0 rings (SSSR count). The third-order valence-electron chi connectivity index (χ3n) is 1.17. The van der Waals surface area contributed by atoms with Crippen molar-refractivity contribution >= 4 is 11.7 Å². The lowest BCUT2D eigenvalue weighted by atomic mass is 10.3. The highest BCUT2D eigenvalue weighted by Gasteiger charge is 1.91. The molecular weight excluding hydrogens is 128 g/mol. The first-order valence-electron chi connectivity index (χ1n) is 3.29. The molecule has 0 radical (unpaired) electrons. The van der Waals surface area contributed by atoms with Gasteiger partial charge in [0.05, 0.1) is 7.11 Å². The quantitative estimate of drug-likeness (QED) is 0.403. The van der Waals surface area contributed by atoms with Crippen molar-refractivity contribution in [2.45, 2.75) is 20.3 Å². The molecule has 3 nitrogen and oxygen atoms in total. The molecule has 0 unspecified atom stereocenters. The highest BCUT2D eigenvalue weighted by atomic mass is 16.5. The van der Waals surface area contributed by atoms with E-state index in [1.165, 1.54) is 0 Å². The van der Waals surface area contributed by atoms with Crippen LogP contribution in [0.25, 0.3) is 0 Å². The van der Waals surface area contributed by atoms with E-state index >= 15 is 0 Å². The van der Waals surface area contributed by atoms with Crippen molar-refractivity contribution in [3.05, 3.63) is 0 Å². The van der Waals surface area contributed by atoms with Crippen molar-refractivity contribution in [3.63, 3.8) is 0 Å². The molecule has 10 heavy (non-hydrogen) atoms. The predicted octanol–water partition coefficient (Wildman–Crippen LogP) is 1.49. The van der Waals surface area contributed by atoms with E-state index in [2.05, 4.69) is 9.98 Å². The van der Waals surface area contributed by atoms with Crippen LogP contribution in [0, 0.1) is 0 Å². The van der Waals surface area contributed by atoms with Crippen molar-refractivity contribution in [2.75, 3.05) is 14.2 Å². The Hall–Kier alpha value is -0.860. The fraction of sp³-hybridized carbons (Fsp3) is 0.714. The van der Waals surface area contributed by atoms with Gasteiger partial charge >= 0.3 is 6.02 Å². The molecule has 0 amide bonds. The number of methoxy groups -OCH3 is 1. The molecule has 58 valence electrons. The number of rotatable bonds is 1. The number of amidine groups is 1. The highest BCUT2D eigenvalue weighted by Crippen LogP contribution is 1.87. The van der Waals surface area contributed by atoms with Crippen LogP contribution in [0.1, 0.15) is 20.3 Å². The largest absolute Gasteiger partial charge is 0.467 e. The van der Waals surface area contributed by atoms with Crippen LogP contribution in [0.5, 0.6) is 0 Å².